The van der Waals surface area contributed by atoms with Crippen LogP contribution in [0.25, 0.3) is 10.9 Å². The number of H-pyrrole nitrogens is 1. The van der Waals surface area contributed by atoms with E-state index in [0.29, 0.717) is 30.7 Å². The Morgan fingerprint density at radius 3 is 3.05 bits per heavy atom. The van der Waals surface area contributed by atoms with Crippen LogP contribution in [0.15, 0.2) is 33.9 Å². The Bertz CT molecular complexity index is 711. The quantitative estimate of drug-likeness (QED) is 0.804. The van der Waals surface area contributed by atoms with Gasteiger partial charge in [-0.3, -0.25) is 9.36 Å². The van der Waals surface area contributed by atoms with E-state index in [2.05, 4.69) is 10.3 Å². The van der Waals surface area contributed by atoms with E-state index in [1.807, 2.05) is 0 Å². The Balaban J connectivity index is 1.98. The molecule has 6 heteroatoms. The Morgan fingerprint density at radius 1 is 1.30 bits per heavy atom. The topological polar surface area (TPSA) is 76.1 Å². The molecule has 1 aliphatic heterocycles. The summed E-state index contributed by atoms with van der Waals surface area (Å²) >= 11 is 0. The molecule has 1 fully saturated rings. The average Bonchev–Trinajstić information content (AvgIpc) is 2.72. The number of hydrogen-bond donors (Lipinski definition) is 2. The summed E-state index contributed by atoms with van der Waals surface area (Å²) < 4.78 is 6.72. The van der Waals surface area contributed by atoms with E-state index < -0.39 is 0 Å². The van der Waals surface area contributed by atoms with Crippen molar-refractivity contribution in [2.45, 2.75) is 6.54 Å². The number of benzene rings is 1. The predicted molar refractivity (Wildman–Crippen MR) is 76.0 cm³/mol. The standard InChI is InChI=1S/C14H17N3O3/c18-13-11-3-1-2-4-12(11)16-14(19)17(13)8-10-7-15-5-6-20-9-10/h1-4,10,15H,5-9H2,(H,16,19). The number of fused-ring (bicyclic) bond motifs is 1. The minimum atomic E-state index is -0.363. The maximum absolute atomic E-state index is 12.4. The van der Waals surface area contributed by atoms with Crippen molar-refractivity contribution >= 4 is 10.9 Å². The van der Waals surface area contributed by atoms with Gasteiger partial charge in [-0.1, -0.05) is 12.1 Å². The van der Waals surface area contributed by atoms with Gasteiger partial charge in [0.05, 0.1) is 24.1 Å². The number of nitrogens with one attached hydrogen (secondary N) is 2. The first kappa shape index (κ1) is 13.1. The molecule has 0 spiro atoms. The van der Waals surface area contributed by atoms with Crippen LogP contribution in [0.3, 0.4) is 0 Å². The van der Waals surface area contributed by atoms with Gasteiger partial charge in [-0.25, -0.2) is 4.79 Å². The number of aromatic amines is 1. The first-order chi connectivity index (χ1) is 9.75. The second kappa shape index (κ2) is 5.60. The van der Waals surface area contributed by atoms with Gasteiger partial charge in [0.25, 0.3) is 5.56 Å². The number of para-hydroxylation sites is 1. The molecule has 0 radical (unpaired) electrons. The third-order valence-electron chi connectivity index (χ3n) is 3.54. The van der Waals surface area contributed by atoms with Crippen molar-refractivity contribution in [3.8, 4) is 0 Å². The lowest BCUT2D eigenvalue weighted by Gasteiger charge is -2.15. The van der Waals surface area contributed by atoms with Gasteiger partial charge >= 0.3 is 5.69 Å². The molecule has 1 aromatic carbocycles. The minimum absolute atomic E-state index is 0.123. The smallest absolute Gasteiger partial charge is 0.328 e. The maximum atomic E-state index is 12.4. The summed E-state index contributed by atoms with van der Waals surface area (Å²) in [4.78, 5) is 27.2. The minimum Gasteiger partial charge on any atom is -0.380 e. The third-order valence-corrected chi connectivity index (χ3v) is 3.54. The van der Waals surface area contributed by atoms with Gasteiger partial charge in [-0.15, -0.1) is 0 Å². The fraction of sp³-hybridized carbons (Fsp3) is 0.429. The molecule has 1 aliphatic rings. The summed E-state index contributed by atoms with van der Waals surface area (Å²) in [6.07, 6.45) is 0. The molecule has 2 aromatic rings. The molecule has 0 saturated carbocycles. The molecular weight excluding hydrogens is 258 g/mol. The van der Waals surface area contributed by atoms with Crippen molar-refractivity contribution in [3.63, 3.8) is 0 Å². The van der Waals surface area contributed by atoms with Gasteiger partial charge in [0, 0.05) is 25.6 Å². The van der Waals surface area contributed by atoms with Gasteiger partial charge in [0.1, 0.15) is 0 Å². The Morgan fingerprint density at radius 2 is 2.15 bits per heavy atom. The summed E-state index contributed by atoms with van der Waals surface area (Å²) in [6, 6.07) is 7.05. The maximum Gasteiger partial charge on any atom is 0.328 e. The lowest BCUT2D eigenvalue weighted by atomic mass is 10.1. The number of aromatic nitrogens is 2. The van der Waals surface area contributed by atoms with Crippen molar-refractivity contribution < 1.29 is 4.74 Å². The molecule has 0 aliphatic carbocycles. The molecule has 3 rings (SSSR count). The van der Waals surface area contributed by atoms with Crippen LogP contribution < -0.4 is 16.6 Å². The van der Waals surface area contributed by atoms with Crippen LogP contribution in [-0.2, 0) is 11.3 Å². The van der Waals surface area contributed by atoms with E-state index in [1.54, 1.807) is 24.3 Å². The molecule has 106 valence electrons. The van der Waals surface area contributed by atoms with Gasteiger partial charge in [-0.05, 0) is 12.1 Å². The summed E-state index contributed by atoms with van der Waals surface area (Å²) in [5, 5.41) is 3.78. The van der Waals surface area contributed by atoms with Crippen LogP contribution in [0.5, 0.6) is 0 Å². The second-order valence-electron chi connectivity index (χ2n) is 5.04. The third kappa shape index (κ3) is 2.52. The first-order valence-corrected chi connectivity index (χ1v) is 6.76. The van der Waals surface area contributed by atoms with Crippen LogP contribution in [0.2, 0.25) is 0 Å². The summed E-state index contributed by atoms with van der Waals surface area (Å²) in [5.74, 6) is 0.123. The number of hydrogen-bond acceptors (Lipinski definition) is 4. The number of rotatable bonds is 2. The lowest BCUT2D eigenvalue weighted by molar-refractivity contribution is 0.117. The molecule has 2 heterocycles. The zero-order valence-electron chi connectivity index (χ0n) is 11.1. The second-order valence-corrected chi connectivity index (χ2v) is 5.04. The molecule has 1 unspecified atom stereocenters. The van der Waals surface area contributed by atoms with Gasteiger partial charge in [0.2, 0.25) is 0 Å². The Labute approximate surface area is 115 Å². The van der Waals surface area contributed by atoms with E-state index in [-0.39, 0.29) is 17.2 Å². The molecule has 1 atom stereocenters. The van der Waals surface area contributed by atoms with Crippen LogP contribution in [0, 0.1) is 5.92 Å². The van der Waals surface area contributed by atoms with Crippen molar-refractivity contribution in [3.05, 3.63) is 45.1 Å². The summed E-state index contributed by atoms with van der Waals surface area (Å²) in [6.45, 7) is 3.15. The van der Waals surface area contributed by atoms with E-state index in [9.17, 15) is 9.59 Å². The highest BCUT2D eigenvalue weighted by molar-refractivity contribution is 5.76. The van der Waals surface area contributed by atoms with Gasteiger partial charge in [0.15, 0.2) is 0 Å². The highest BCUT2D eigenvalue weighted by Gasteiger charge is 2.16. The first-order valence-electron chi connectivity index (χ1n) is 6.76. The van der Waals surface area contributed by atoms with Gasteiger partial charge < -0.3 is 15.0 Å². The monoisotopic (exact) mass is 275 g/mol. The fourth-order valence-electron chi connectivity index (χ4n) is 2.50. The van der Waals surface area contributed by atoms with Crippen LogP contribution in [0.4, 0.5) is 0 Å². The van der Waals surface area contributed by atoms with Crippen molar-refractivity contribution in [1.82, 2.24) is 14.9 Å². The largest absolute Gasteiger partial charge is 0.380 e. The summed E-state index contributed by atoms with van der Waals surface area (Å²) in [5.41, 5.74) is -0.0273. The SMILES string of the molecule is O=c1[nH]c2ccccc2c(=O)n1CC1CNCCOC1. The lowest BCUT2D eigenvalue weighted by Crippen LogP contribution is -2.39. The molecule has 0 amide bonds. The molecule has 6 nitrogen and oxygen atoms in total. The van der Waals surface area contributed by atoms with Crippen LogP contribution >= 0.6 is 0 Å². The zero-order valence-corrected chi connectivity index (χ0v) is 11.1. The zero-order chi connectivity index (χ0) is 13.9. The normalized spacial score (nSPS) is 19.9. The molecule has 20 heavy (non-hydrogen) atoms. The van der Waals surface area contributed by atoms with E-state index in [1.165, 1.54) is 4.57 Å². The molecular formula is C14H17N3O3. The van der Waals surface area contributed by atoms with E-state index in [4.69, 9.17) is 4.74 Å². The Kier molecular flexibility index (Phi) is 3.66. The highest BCUT2D eigenvalue weighted by Crippen LogP contribution is 2.05. The molecule has 0 bridgehead atoms. The van der Waals surface area contributed by atoms with E-state index >= 15 is 0 Å². The van der Waals surface area contributed by atoms with Gasteiger partial charge in [-0.2, -0.15) is 0 Å². The fourth-order valence-corrected chi connectivity index (χ4v) is 2.50. The number of ether oxygens (including phenoxy) is 1. The summed E-state index contributed by atoms with van der Waals surface area (Å²) in [7, 11) is 0. The highest BCUT2D eigenvalue weighted by atomic mass is 16.5. The van der Waals surface area contributed by atoms with Crippen molar-refractivity contribution in [2.75, 3.05) is 26.3 Å². The van der Waals surface area contributed by atoms with Crippen molar-refractivity contribution in [1.29, 1.82) is 0 Å². The predicted octanol–water partition coefficient (Wildman–Crippen LogP) is -0.0742. The van der Waals surface area contributed by atoms with Crippen molar-refractivity contribution in [2.24, 2.45) is 5.92 Å². The van der Waals surface area contributed by atoms with E-state index in [0.717, 1.165) is 13.1 Å². The molecule has 1 saturated heterocycles. The number of nitrogens with zero attached hydrogens (tertiary/aromatic N) is 1. The van der Waals surface area contributed by atoms with Crippen LogP contribution in [-0.4, -0.2) is 35.9 Å². The molecule has 1 aromatic heterocycles. The molecule has 2 N–H and O–H groups in total. The average molecular weight is 275 g/mol. The van der Waals surface area contributed by atoms with Crippen LogP contribution in [0.1, 0.15) is 0 Å². The Hall–Kier alpha value is -1.92.